The van der Waals surface area contributed by atoms with Crippen molar-refractivity contribution in [2.45, 2.75) is 25.9 Å². The van der Waals surface area contributed by atoms with Gasteiger partial charge in [0, 0.05) is 18.1 Å². The fourth-order valence-corrected chi connectivity index (χ4v) is 4.09. The molecule has 0 unspecified atom stereocenters. The van der Waals surface area contributed by atoms with E-state index in [2.05, 4.69) is 10.2 Å². The summed E-state index contributed by atoms with van der Waals surface area (Å²) in [5, 5.41) is 10.3. The number of aromatic nitrogens is 3. The van der Waals surface area contributed by atoms with Crippen molar-refractivity contribution in [3.8, 4) is 11.4 Å². The minimum Gasteiger partial charge on any atom is -0.294 e. The smallest absolute Gasteiger partial charge is 0.243 e. The van der Waals surface area contributed by atoms with Crippen LogP contribution < -0.4 is 5.01 Å². The predicted molar refractivity (Wildman–Crippen MR) is 109 cm³/mol. The number of hydrogen-bond donors (Lipinski definition) is 0. The van der Waals surface area contributed by atoms with Crippen LogP contribution in [0.25, 0.3) is 17.1 Å². The molecule has 1 aliphatic rings. The lowest BCUT2D eigenvalue weighted by atomic mass is 10.1. The Kier molecular flexibility index (Phi) is 4.79. The molecule has 0 spiro atoms. The Morgan fingerprint density at radius 1 is 0.931 bits per heavy atom. The second kappa shape index (κ2) is 7.29. The summed E-state index contributed by atoms with van der Waals surface area (Å²) in [5.41, 5.74) is 2.81. The van der Waals surface area contributed by atoms with E-state index in [1.54, 1.807) is 16.8 Å². The molecule has 0 fully saturated rings. The number of benzene rings is 2. The first-order chi connectivity index (χ1) is 13.9. The monoisotopic (exact) mass is 408 g/mol. The molecule has 0 saturated carbocycles. The number of rotatable bonds is 3. The first kappa shape index (κ1) is 19.1. The van der Waals surface area contributed by atoms with Gasteiger partial charge >= 0.3 is 0 Å². The second-order valence-corrected chi connectivity index (χ2v) is 7.64. The number of thioether (sulfide) groups is 1. The van der Waals surface area contributed by atoms with E-state index in [1.807, 2.05) is 31.2 Å². The maximum absolute atomic E-state index is 13.5. The molecular formula is C21H17FN4O2S. The van der Waals surface area contributed by atoms with E-state index in [9.17, 15) is 14.0 Å². The van der Waals surface area contributed by atoms with Gasteiger partial charge in [-0.05, 0) is 49.9 Å². The molecule has 146 valence electrons. The van der Waals surface area contributed by atoms with Crippen LogP contribution in [0.1, 0.15) is 25.0 Å². The zero-order chi connectivity index (χ0) is 20.7. The Labute approximate surface area is 171 Å². The lowest BCUT2D eigenvalue weighted by Gasteiger charge is -2.32. The summed E-state index contributed by atoms with van der Waals surface area (Å²) in [6, 6.07) is 13.4. The minimum atomic E-state index is -0.401. The second-order valence-electron chi connectivity index (χ2n) is 6.66. The Balaban J connectivity index is 1.95. The summed E-state index contributed by atoms with van der Waals surface area (Å²) in [6.07, 6.45) is 0. The fourth-order valence-electron chi connectivity index (χ4n) is 3.13. The maximum Gasteiger partial charge on any atom is 0.243 e. The van der Waals surface area contributed by atoms with E-state index in [-0.39, 0.29) is 11.7 Å². The number of Topliss-reactive ketones (excluding diaryl/α,β-unsaturated/α-hetero) is 1. The van der Waals surface area contributed by atoms with Crippen LogP contribution in [0.5, 0.6) is 0 Å². The van der Waals surface area contributed by atoms with Crippen LogP contribution in [0, 0.1) is 12.7 Å². The summed E-state index contributed by atoms with van der Waals surface area (Å²) in [6.45, 7) is 4.81. The van der Waals surface area contributed by atoms with Gasteiger partial charge < -0.3 is 0 Å². The third kappa shape index (κ3) is 3.36. The van der Waals surface area contributed by atoms with Crippen LogP contribution in [0.3, 0.4) is 0 Å². The number of halogens is 1. The van der Waals surface area contributed by atoms with Gasteiger partial charge in [-0.25, -0.2) is 9.40 Å². The average Bonchev–Trinajstić information content (AvgIpc) is 3.11. The highest BCUT2D eigenvalue weighted by molar-refractivity contribution is 8.04. The molecule has 0 bridgehead atoms. The molecule has 0 radical (unpaired) electrons. The number of nitrogens with zero attached hydrogens (tertiary/aromatic N) is 4. The van der Waals surface area contributed by atoms with Crippen LogP contribution in [0.2, 0.25) is 0 Å². The van der Waals surface area contributed by atoms with Crippen LogP contribution in [0.4, 0.5) is 4.39 Å². The number of carbonyl (C=O) groups excluding carboxylic acids is 2. The highest BCUT2D eigenvalue weighted by atomic mass is 32.2. The van der Waals surface area contributed by atoms with E-state index < -0.39 is 5.82 Å². The van der Waals surface area contributed by atoms with Gasteiger partial charge in [-0.3, -0.25) is 9.59 Å². The molecule has 6 nitrogen and oxygen atoms in total. The molecule has 1 amide bonds. The zero-order valence-electron chi connectivity index (χ0n) is 16.0. The average molecular weight is 408 g/mol. The van der Waals surface area contributed by atoms with E-state index in [0.29, 0.717) is 27.1 Å². The number of hydrogen-bond acceptors (Lipinski definition) is 5. The van der Waals surface area contributed by atoms with Crippen LogP contribution in [-0.2, 0) is 9.59 Å². The number of aryl methyl sites for hydroxylation is 1. The van der Waals surface area contributed by atoms with Gasteiger partial charge in [0.15, 0.2) is 11.6 Å². The van der Waals surface area contributed by atoms with Gasteiger partial charge in [-0.15, -0.1) is 10.2 Å². The Morgan fingerprint density at radius 2 is 1.55 bits per heavy atom. The van der Waals surface area contributed by atoms with Crippen molar-refractivity contribution in [1.82, 2.24) is 14.9 Å². The standard InChI is InChI=1S/C21H17FN4O2S/c1-12-4-6-16(7-5-12)20-23-24-21-26(20)25(14(3)28)18(19(29-21)13(2)27)15-8-10-17(22)11-9-15/h4-11H,1-3H3. The molecule has 3 aromatic rings. The first-order valence-electron chi connectivity index (χ1n) is 8.89. The highest BCUT2D eigenvalue weighted by Crippen LogP contribution is 2.41. The molecule has 0 atom stereocenters. The summed E-state index contributed by atoms with van der Waals surface area (Å²) < 4.78 is 15.1. The van der Waals surface area contributed by atoms with Crippen molar-refractivity contribution in [1.29, 1.82) is 0 Å². The summed E-state index contributed by atoms with van der Waals surface area (Å²) in [4.78, 5) is 25.5. The lowest BCUT2D eigenvalue weighted by Crippen LogP contribution is -2.41. The number of ketones is 1. The van der Waals surface area contributed by atoms with E-state index >= 15 is 0 Å². The third-order valence-electron chi connectivity index (χ3n) is 4.48. The number of allylic oxidation sites excluding steroid dienone is 1. The number of amides is 1. The molecular weight excluding hydrogens is 391 g/mol. The number of fused-ring (bicyclic) bond motifs is 1. The molecule has 0 aliphatic carbocycles. The molecule has 0 N–H and O–H groups in total. The Bertz CT molecular complexity index is 1150. The van der Waals surface area contributed by atoms with E-state index in [0.717, 1.165) is 22.9 Å². The van der Waals surface area contributed by atoms with Gasteiger partial charge in [0.2, 0.25) is 11.1 Å². The van der Waals surface area contributed by atoms with Crippen LogP contribution in [-0.4, -0.2) is 26.6 Å². The summed E-state index contributed by atoms with van der Waals surface area (Å²) in [7, 11) is 0. The van der Waals surface area contributed by atoms with Crippen molar-refractivity contribution in [2.75, 3.05) is 5.01 Å². The highest BCUT2D eigenvalue weighted by Gasteiger charge is 2.35. The third-order valence-corrected chi connectivity index (χ3v) is 5.60. The van der Waals surface area contributed by atoms with Crippen LogP contribution in [0.15, 0.2) is 58.6 Å². The van der Waals surface area contributed by atoms with Gasteiger partial charge in [0.1, 0.15) is 5.82 Å². The largest absolute Gasteiger partial charge is 0.294 e. The first-order valence-corrected chi connectivity index (χ1v) is 9.71. The fraction of sp³-hybridized carbons (Fsp3) is 0.143. The molecule has 1 aliphatic heterocycles. The number of carbonyl (C=O) groups is 2. The van der Waals surface area contributed by atoms with Crippen molar-refractivity contribution >= 4 is 29.1 Å². The normalized spacial score (nSPS) is 13.4. The van der Waals surface area contributed by atoms with Crippen molar-refractivity contribution in [3.63, 3.8) is 0 Å². The summed E-state index contributed by atoms with van der Waals surface area (Å²) in [5.74, 6) is -0.462. The molecule has 2 aromatic carbocycles. The van der Waals surface area contributed by atoms with E-state index in [1.165, 1.54) is 31.0 Å². The molecule has 2 heterocycles. The van der Waals surface area contributed by atoms with Gasteiger partial charge in [0.05, 0.1) is 10.6 Å². The van der Waals surface area contributed by atoms with Crippen molar-refractivity contribution < 1.29 is 14.0 Å². The molecule has 4 rings (SSSR count). The maximum atomic E-state index is 13.5. The van der Waals surface area contributed by atoms with Crippen LogP contribution >= 0.6 is 11.8 Å². The predicted octanol–water partition coefficient (Wildman–Crippen LogP) is 3.94. The minimum absolute atomic E-state index is 0.216. The van der Waals surface area contributed by atoms with Gasteiger partial charge in [-0.2, -0.15) is 4.68 Å². The van der Waals surface area contributed by atoms with Gasteiger partial charge in [-0.1, -0.05) is 29.8 Å². The SMILES string of the molecule is CC(=O)C1=C(c2ccc(F)cc2)N(C(C)=O)n2c(nnc2-c2ccc(C)cc2)S1. The van der Waals surface area contributed by atoms with Crippen molar-refractivity contribution in [2.24, 2.45) is 0 Å². The Hall–Kier alpha value is -3.26. The lowest BCUT2D eigenvalue weighted by molar-refractivity contribution is -0.117. The summed E-state index contributed by atoms with van der Waals surface area (Å²) >= 11 is 1.14. The molecule has 29 heavy (non-hydrogen) atoms. The quantitative estimate of drug-likeness (QED) is 0.657. The molecule has 0 saturated heterocycles. The van der Waals surface area contributed by atoms with E-state index in [4.69, 9.17) is 0 Å². The molecule has 8 heteroatoms. The molecule has 1 aromatic heterocycles. The van der Waals surface area contributed by atoms with Crippen molar-refractivity contribution in [3.05, 3.63) is 70.4 Å². The van der Waals surface area contributed by atoms with Gasteiger partial charge in [0.25, 0.3) is 0 Å². The Morgan fingerprint density at radius 3 is 2.14 bits per heavy atom. The topological polar surface area (TPSA) is 68.1 Å². The zero-order valence-corrected chi connectivity index (χ0v) is 16.8.